The lowest BCUT2D eigenvalue weighted by molar-refractivity contribution is 0.291. The van der Waals surface area contributed by atoms with Crippen molar-refractivity contribution in [2.75, 3.05) is 44.2 Å². The maximum absolute atomic E-state index is 11.7. The van der Waals surface area contributed by atoms with Crippen molar-refractivity contribution in [3.8, 4) is 0 Å². The fourth-order valence-electron chi connectivity index (χ4n) is 2.71. The van der Waals surface area contributed by atoms with Crippen molar-refractivity contribution in [1.82, 2.24) is 4.90 Å². The van der Waals surface area contributed by atoms with Crippen LogP contribution in [0.5, 0.6) is 0 Å². The second-order valence-electron chi connectivity index (χ2n) is 5.34. The number of hydrogen-bond acceptors (Lipinski definition) is 5. The summed E-state index contributed by atoms with van der Waals surface area (Å²) in [4.78, 5) is 4.70. The van der Waals surface area contributed by atoms with Gasteiger partial charge in [0.1, 0.15) is 4.90 Å². The molecule has 1 aromatic rings. The molecule has 1 saturated heterocycles. The summed E-state index contributed by atoms with van der Waals surface area (Å²) in [7, 11) is -3.69. The molecule has 1 fully saturated rings. The van der Waals surface area contributed by atoms with Gasteiger partial charge in [-0.1, -0.05) is 12.1 Å². The van der Waals surface area contributed by atoms with Gasteiger partial charge in [0.05, 0.1) is 5.69 Å². The number of para-hydroxylation sites is 1. The van der Waals surface area contributed by atoms with Crippen LogP contribution in [0.15, 0.2) is 29.2 Å². The fourth-order valence-corrected chi connectivity index (χ4v) is 3.47. The van der Waals surface area contributed by atoms with Gasteiger partial charge >= 0.3 is 0 Å². The first-order valence-corrected chi connectivity index (χ1v) is 8.86. The van der Waals surface area contributed by atoms with Crippen LogP contribution in [0.4, 0.5) is 5.69 Å². The number of rotatable bonds is 5. The van der Waals surface area contributed by atoms with Gasteiger partial charge in [0.25, 0.3) is 0 Å². The van der Waals surface area contributed by atoms with Crippen molar-refractivity contribution in [1.29, 1.82) is 0 Å². The predicted molar refractivity (Wildman–Crippen MR) is 84.8 cm³/mol. The minimum absolute atomic E-state index is 0.209. The fraction of sp³-hybridized carbons (Fsp3) is 0.571. The summed E-state index contributed by atoms with van der Waals surface area (Å²) in [6.45, 7) is 5.28. The van der Waals surface area contributed by atoms with Crippen LogP contribution < -0.4 is 15.8 Å². The highest BCUT2D eigenvalue weighted by Gasteiger charge is 2.20. The van der Waals surface area contributed by atoms with Crippen molar-refractivity contribution in [3.63, 3.8) is 0 Å². The highest BCUT2D eigenvalue weighted by atomic mass is 32.2. The summed E-state index contributed by atoms with van der Waals surface area (Å²) in [5.74, 6) is 0. The van der Waals surface area contributed by atoms with Gasteiger partial charge in [0.15, 0.2) is 0 Å². The average molecular weight is 312 g/mol. The van der Waals surface area contributed by atoms with Gasteiger partial charge in [-0.2, -0.15) is 0 Å². The molecule has 6 nitrogen and oxygen atoms in total. The zero-order valence-electron chi connectivity index (χ0n) is 12.2. The number of anilines is 1. The van der Waals surface area contributed by atoms with Crippen LogP contribution in [0.1, 0.15) is 12.8 Å². The molecule has 0 atom stereocenters. The monoisotopic (exact) mass is 312 g/mol. The van der Waals surface area contributed by atoms with Crippen molar-refractivity contribution in [3.05, 3.63) is 24.3 Å². The molecule has 118 valence electrons. The number of hydrogen-bond donors (Lipinski definition) is 2. The Balaban J connectivity index is 2.13. The van der Waals surface area contributed by atoms with E-state index in [0.717, 1.165) is 45.6 Å². The molecule has 0 aromatic heterocycles. The molecule has 0 bridgehead atoms. The van der Waals surface area contributed by atoms with Crippen LogP contribution in [0.2, 0.25) is 0 Å². The third kappa shape index (κ3) is 4.41. The van der Waals surface area contributed by atoms with E-state index in [1.54, 1.807) is 12.1 Å². The van der Waals surface area contributed by atoms with E-state index in [-0.39, 0.29) is 4.90 Å². The molecule has 21 heavy (non-hydrogen) atoms. The molecule has 7 heteroatoms. The van der Waals surface area contributed by atoms with E-state index in [1.807, 2.05) is 12.1 Å². The molecule has 1 aliphatic heterocycles. The lowest BCUT2D eigenvalue weighted by atomic mass is 10.2. The molecule has 4 N–H and O–H groups in total. The Morgan fingerprint density at radius 1 is 1.10 bits per heavy atom. The highest BCUT2D eigenvalue weighted by molar-refractivity contribution is 7.89. The third-order valence-electron chi connectivity index (χ3n) is 3.78. The van der Waals surface area contributed by atoms with E-state index < -0.39 is 10.0 Å². The standard InChI is InChI=1S/C14H24N4O2S/c15-7-3-8-17-9-4-10-18(12-11-17)13-5-1-2-6-14(13)21(16,19)20/h1-2,5-6H,3-4,7-12,15H2,(H2,16,19,20). The molecule has 0 saturated carbocycles. The van der Waals surface area contributed by atoms with Gasteiger partial charge in [-0.05, 0) is 44.6 Å². The molecule has 0 spiro atoms. The Morgan fingerprint density at radius 2 is 1.86 bits per heavy atom. The predicted octanol–water partition coefficient (Wildman–Crippen LogP) is 0.195. The molecule has 2 rings (SSSR count). The number of benzene rings is 1. The van der Waals surface area contributed by atoms with Crippen LogP contribution in [0, 0.1) is 0 Å². The first-order valence-electron chi connectivity index (χ1n) is 7.31. The van der Waals surface area contributed by atoms with Crippen LogP contribution in [-0.4, -0.2) is 52.6 Å². The highest BCUT2D eigenvalue weighted by Crippen LogP contribution is 2.25. The molecular weight excluding hydrogens is 288 g/mol. The van der Waals surface area contributed by atoms with Crippen LogP contribution in [-0.2, 0) is 10.0 Å². The Hall–Kier alpha value is -1.15. The van der Waals surface area contributed by atoms with E-state index >= 15 is 0 Å². The molecule has 1 aliphatic rings. The first-order chi connectivity index (χ1) is 10.0. The Bertz CT molecular complexity index is 562. The Kier molecular flexibility index (Phi) is 5.58. The maximum Gasteiger partial charge on any atom is 0.240 e. The van der Waals surface area contributed by atoms with Gasteiger partial charge in [-0.15, -0.1) is 0 Å². The van der Waals surface area contributed by atoms with Crippen LogP contribution in [0.3, 0.4) is 0 Å². The van der Waals surface area contributed by atoms with E-state index in [9.17, 15) is 8.42 Å². The SMILES string of the molecule is NCCCN1CCCN(c2ccccc2S(N)(=O)=O)CC1. The van der Waals surface area contributed by atoms with Crippen molar-refractivity contribution in [2.45, 2.75) is 17.7 Å². The molecule has 0 radical (unpaired) electrons. The molecule has 0 unspecified atom stereocenters. The van der Waals surface area contributed by atoms with E-state index in [1.165, 1.54) is 0 Å². The quantitative estimate of drug-likeness (QED) is 0.810. The van der Waals surface area contributed by atoms with Gasteiger partial charge in [0, 0.05) is 19.6 Å². The van der Waals surface area contributed by atoms with Gasteiger partial charge in [-0.3, -0.25) is 0 Å². The van der Waals surface area contributed by atoms with Gasteiger partial charge < -0.3 is 15.5 Å². The third-order valence-corrected chi connectivity index (χ3v) is 4.74. The normalized spacial score (nSPS) is 17.7. The van der Waals surface area contributed by atoms with Crippen molar-refractivity contribution in [2.24, 2.45) is 10.9 Å². The first kappa shape index (κ1) is 16.2. The zero-order chi connectivity index (χ0) is 15.3. The minimum Gasteiger partial charge on any atom is -0.369 e. The number of nitrogens with zero attached hydrogens (tertiary/aromatic N) is 2. The van der Waals surface area contributed by atoms with Gasteiger partial charge in [-0.25, -0.2) is 13.6 Å². The summed E-state index contributed by atoms with van der Waals surface area (Å²) in [5.41, 5.74) is 6.26. The van der Waals surface area contributed by atoms with Crippen molar-refractivity contribution >= 4 is 15.7 Å². The molecule has 0 aliphatic carbocycles. The van der Waals surface area contributed by atoms with E-state index in [4.69, 9.17) is 10.9 Å². The van der Waals surface area contributed by atoms with Crippen LogP contribution >= 0.6 is 0 Å². The molecule has 1 aromatic carbocycles. The second kappa shape index (κ2) is 7.22. The average Bonchev–Trinajstić information content (AvgIpc) is 2.69. The smallest absolute Gasteiger partial charge is 0.240 e. The summed E-state index contributed by atoms with van der Waals surface area (Å²) >= 11 is 0. The number of sulfonamides is 1. The lowest BCUT2D eigenvalue weighted by Gasteiger charge is -2.25. The largest absolute Gasteiger partial charge is 0.369 e. The summed E-state index contributed by atoms with van der Waals surface area (Å²) in [6, 6.07) is 6.95. The van der Waals surface area contributed by atoms with E-state index in [2.05, 4.69) is 9.80 Å². The maximum atomic E-state index is 11.7. The van der Waals surface area contributed by atoms with Crippen molar-refractivity contribution < 1.29 is 8.42 Å². The van der Waals surface area contributed by atoms with Gasteiger partial charge in [0.2, 0.25) is 10.0 Å². The van der Waals surface area contributed by atoms with Crippen LogP contribution in [0.25, 0.3) is 0 Å². The Morgan fingerprint density at radius 3 is 2.57 bits per heavy atom. The topological polar surface area (TPSA) is 92.7 Å². The minimum atomic E-state index is -3.69. The molecule has 0 amide bonds. The summed E-state index contributed by atoms with van der Waals surface area (Å²) in [5, 5.41) is 5.32. The number of primary sulfonamides is 1. The molecule has 1 heterocycles. The zero-order valence-corrected chi connectivity index (χ0v) is 13.1. The second-order valence-corrected chi connectivity index (χ2v) is 6.87. The Labute approximate surface area is 126 Å². The number of nitrogens with two attached hydrogens (primary N) is 2. The molecular formula is C14H24N4O2S. The summed E-state index contributed by atoms with van der Waals surface area (Å²) < 4.78 is 23.4. The lowest BCUT2D eigenvalue weighted by Crippen LogP contribution is -2.32. The van der Waals surface area contributed by atoms with E-state index in [0.29, 0.717) is 12.2 Å². The summed E-state index contributed by atoms with van der Waals surface area (Å²) in [6.07, 6.45) is 2.00.